The molecule has 0 unspecified atom stereocenters. The van der Waals surface area contributed by atoms with Crippen molar-refractivity contribution in [3.63, 3.8) is 0 Å². The smallest absolute Gasteiger partial charge is 0.190 e. The van der Waals surface area contributed by atoms with Crippen molar-refractivity contribution in [2.45, 2.75) is 20.0 Å². The molecule has 2 rings (SSSR count). The molecule has 0 bridgehead atoms. The molecule has 0 saturated carbocycles. The van der Waals surface area contributed by atoms with E-state index in [1.54, 1.807) is 6.92 Å². The summed E-state index contributed by atoms with van der Waals surface area (Å²) in [6.45, 7) is 1.20. The van der Waals surface area contributed by atoms with Gasteiger partial charge < -0.3 is 15.3 Å². The first-order valence-corrected chi connectivity index (χ1v) is 5.50. The van der Waals surface area contributed by atoms with Crippen LogP contribution in [0.5, 0.6) is 11.5 Å². The minimum atomic E-state index is -0.560. The number of benzene rings is 1. The molecule has 1 aliphatic rings. The van der Waals surface area contributed by atoms with Crippen molar-refractivity contribution in [3.05, 3.63) is 34.4 Å². The van der Waals surface area contributed by atoms with Gasteiger partial charge in [-0.15, -0.1) is 0 Å². The number of rotatable bonds is 2. The summed E-state index contributed by atoms with van der Waals surface area (Å²) in [5.74, 6) is -1.85. The van der Waals surface area contributed by atoms with Gasteiger partial charge in [0.2, 0.25) is 0 Å². The fraction of sp³-hybridized carbons (Fsp3) is 0.231. The van der Waals surface area contributed by atoms with Crippen LogP contribution in [-0.2, 0) is 13.0 Å². The lowest BCUT2D eigenvalue weighted by molar-refractivity contribution is 0.0988. The molecule has 0 aromatic heterocycles. The molecule has 1 aromatic rings. The first-order valence-electron chi connectivity index (χ1n) is 5.50. The van der Waals surface area contributed by atoms with Crippen LogP contribution in [0.2, 0.25) is 0 Å². The van der Waals surface area contributed by atoms with Gasteiger partial charge >= 0.3 is 0 Å². The molecule has 5 heteroatoms. The fourth-order valence-electron chi connectivity index (χ4n) is 2.17. The Kier molecular flexibility index (Phi) is 2.92. The maximum absolute atomic E-state index is 11.7. The number of aromatic hydroxyl groups is 2. The first-order chi connectivity index (χ1) is 8.52. The largest absolute Gasteiger partial charge is 0.507 e. The lowest BCUT2D eigenvalue weighted by atomic mass is 9.87. The topological polar surface area (TPSA) is 94.8 Å². The number of aliphatic hydroxyl groups excluding tert-OH is 1. The number of carbonyl (C=O) groups is 2. The summed E-state index contributed by atoms with van der Waals surface area (Å²) >= 11 is 0. The second-order valence-electron chi connectivity index (χ2n) is 3.98. The summed E-state index contributed by atoms with van der Waals surface area (Å²) in [5.41, 5.74) is -0.0503. The second-order valence-corrected chi connectivity index (χ2v) is 3.98. The Balaban J connectivity index is 2.90. The van der Waals surface area contributed by atoms with E-state index in [2.05, 4.69) is 0 Å². The summed E-state index contributed by atoms with van der Waals surface area (Å²) in [6, 6.07) is 0. The molecule has 1 aromatic carbocycles. The monoisotopic (exact) mass is 248 g/mol. The zero-order valence-electron chi connectivity index (χ0n) is 9.73. The van der Waals surface area contributed by atoms with Gasteiger partial charge in [0.05, 0.1) is 17.7 Å². The highest BCUT2D eigenvalue weighted by Crippen LogP contribution is 2.40. The third-order valence-corrected chi connectivity index (χ3v) is 3.05. The van der Waals surface area contributed by atoms with Crippen LogP contribution in [0.1, 0.15) is 38.8 Å². The van der Waals surface area contributed by atoms with E-state index >= 15 is 0 Å². The Bertz CT molecular complexity index is 533. The summed E-state index contributed by atoms with van der Waals surface area (Å²) in [7, 11) is 0. The average molecular weight is 248 g/mol. The molecule has 0 radical (unpaired) electrons. The molecule has 3 N–H and O–H groups in total. The number of hydrogen-bond donors (Lipinski definition) is 3. The van der Waals surface area contributed by atoms with E-state index in [9.17, 15) is 24.9 Å². The van der Waals surface area contributed by atoms with Crippen molar-refractivity contribution in [3.8, 4) is 11.5 Å². The van der Waals surface area contributed by atoms with Crippen LogP contribution in [-0.4, -0.2) is 26.9 Å². The number of hydrogen-bond acceptors (Lipinski definition) is 5. The molecule has 18 heavy (non-hydrogen) atoms. The molecular formula is C13H12O5. The van der Waals surface area contributed by atoms with E-state index in [-0.39, 0.29) is 28.0 Å². The summed E-state index contributed by atoms with van der Waals surface area (Å²) in [6.07, 6.45) is 2.42. The molecule has 5 nitrogen and oxygen atoms in total. The van der Waals surface area contributed by atoms with Gasteiger partial charge in [-0.25, -0.2) is 0 Å². The fourth-order valence-corrected chi connectivity index (χ4v) is 2.17. The normalized spacial score (nSPS) is 13.9. The van der Waals surface area contributed by atoms with Crippen molar-refractivity contribution in [1.29, 1.82) is 0 Å². The Morgan fingerprint density at radius 1 is 0.944 bits per heavy atom. The third kappa shape index (κ3) is 1.52. The average Bonchev–Trinajstić information content (AvgIpc) is 2.35. The van der Waals surface area contributed by atoms with Crippen LogP contribution in [0, 0.1) is 0 Å². The SMILES string of the molecule is CCc1c(O)c2c(c(O)c1CO)C(=O)C=CC2=O. The molecule has 0 aliphatic heterocycles. The zero-order valence-corrected chi connectivity index (χ0v) is 9.73. The lowest BCUT2D eigenvalue weighted by Crippen LogP contribution is -2.15. The van der Waals surface area contributed by atoms with Crippen LogP contribution < -0.4 is 0 Å². The van der Waals surface area contributed by atoms with Crippen molar-refractivity contribution in [2.24, 2.45) is 0 Å². The number of allylic oxidation sites excluding steroid dienone is 2. The van der Waals surface area contributed by atoms with E-state index < -0.39 is 23.9 Å². The van der Waals surface area contributed by atoms with Gasteiger partial charge in [-0.2, -0.15) is 0 Å². The predicted molar refractivity (Wildman–Crippen MR) is 62.9 cm³/mol. The Morgan fingerprint density at radius 2 is 1.39 bits per heavy atom. The van der Waals surface area contributed by atoms with Crippen molar-refractivity contribution < 1.29 is 24.9 Å². The number of phenolic OH excluding ortho intramolecular Hbond substituents is 1. The van der Waals surface area contributed by atoms with E-state index in [0.29, 0.717) is 6.42 Å². The molecule has 0 atom stereocenters. The molecule has 0 heterocycles. The molecule has 1 aliphatic carbocycles. The highest BCUT2D eigenvalue weighted by molar-refractivity contribution is 6.24. The standard InChI is InChI=1S/C13H12O5/c1-2-6-7(5-14)13(18)11-9(16)4-3-8(15)10(11)12(6)17/h3-4,14,17-18H,2,5H2,1H3. The summed E-state index contributed by atoms with van der Waals surface area (Å²) in [5, 5.41) is 29.2. The minimum Gasteiger partial charge on any atom is -0.507 e. The van der Waals surface area contributed by atoms with Gasteiger partial charge in [0.15, 0.2) is 11.6 Å². The lowest BCUT2D eigenvalue weighted by Gasteiger charge is -2.19. The number of fused-ring (bicyclic) bond motifs is 1. The van der Waals surface area contributed by atoms with Gasteiger partial charge in [-0.3, -0.25) is 9.59 Å². The van der Waals surface area contributed by atoms with Crippen molar-refractivity contribution in [2.75, 3.05) is 0 Å². The minimum absolute atomic E-state index is 0.0881. The quantitative estimate of drug-likeness (QED) is 0.681. The van der Waals surface area contributed by atoms with Gasteiger partial charge in [0, 0.05) is 11.1 Å². The Morgan fingerprint density at radius 3 is 1.78 bits per heavy atom. The van der Waals surface area contributed by atoms with Crippen LogP contribution in [0.25, 0.3) is 0 Å². The number of carbonyl (C=O) groups excluding carboxylic acids is 2. The first kappa shape index (κ1) is 12.3. The van der Waals surface area contributed by atoms with Crippen LogP contribution in [0.3, 0.4) is 0 Å². The van der Waals surface area contributed by atoms with Crippen molar-refractivity contribution >= 4 is 11.6 Å². The van der Waals surface area contributed by atoms with Gasteiger partial charge in [0.25, 0.3) is 0 Å². The van der Waals surface area contributed by atoms with Crippen LogP contribution in [0.15, 0.2) is 12.2 Å². The third-order valence-electron chi connectivity index (χ3n) is 3.05. The number of phenols is 2. The van der Waals surface area contributed by atoms with Crippen LogP contribution >= 0.6 is 0 Å². The molecular weight excluding hydrogens is 236 g/mol. The second kappa shape index (κ2) is 4.27. The zero-order chi connectivity index (χ0) is 13.4. The van der Waals surface area contributed by atoms with E-state index in [0.717, 1.165) is 12.2 Å². The molecule has 0 amide bonds. The van der Waals surface area contributed by atoms with E-state index in [4.69, 9.17) is 0 Å². The molecule has 0 fully saturated rings. The molecule has 0 saturated heterocycles. The van der Waals surface area contributed by atoms with Gasteiger partial charge in [-0.1, -0.05) is 6.92 Å². The highest BCUT2D eigenvalue weighted by Gasteiger charge is 2.30. The highest BCUT2D eigenvalue weighted by atomic mass is 16.3. The number of aliphatic hydroxyl groups is 1. The Hall–Kier alpha value is -2.14. The van der Waals surface area contributed by atoms with Gasteiger partial charge in [-0.05, 0) is 18.6 Å². The Labute approximate surface area is 103 Å². The van der Waals surface area contributed by atoms with Crippen LogP contribution in [0.4, 0.5) is 0 Å². The number of ketones is 2. The summed E-state index contributed by atoms with van der Waals surface area (Å²) < 4.78 is 0. The van der Waals surface area contributed by atoms with Gasteiger partial charge in [0.1, 0.15) is 11.5 Å². The van der Waals surface area contributed by atoms with E-state index in [1.807, 2.05) is 0 Å². The molecule has 94 valence electrons. The summed E-state index contributed by atoms with van der Waals surface area (Å²) in [4.78, 5) is 23.4. The maximum Gasteiger partial charge on any atom is 0.190 e. The molecule has 0 spiro atoms. The van der Waals surface area contributed by atoms with Crippen molar-refractivity contribution in [1.82, 2.24) is 0 Å². The van der Waals surface area contributed by atoms with E-state index in [1.165, 1.54) is 0 Å². The maximum atomic E-state index is 11.7. The predicted octanol–water partition coefficient (Wildman–Crippen LogP) is 1.09.